The van der Waals surface area contributed by atoms with Crippen molar-refractivity contribution in [2.45, 2.75) is 0 Å². The van der Waals surface area contributed by atoms with Crippen molar-refractivity contribution in [2.24, 2.45) is 5.73 Å². The number of nitrogens with zero attached hydrogens (tertiary/aromatic N) is 2. The molecule has 0 aliphatic heterocycles. The van der Waals surface area contributed by atoms with Gasteiger partial charge in [0.05, 0.1) is 11.0 Å². The maximum atomic E-state index is 10.8. The van der Waals surface area contributed by atoms with E-state index < -0.39 is 6.03 Å². The minimum Gasteiger partial charge on any atom is -0.351 e. The molecule has 0 saturated carbocycles. The molecule has 1 amide bonds. The largest absolute Gasteiger partial charge is 0.351 e. The standard InChI is InChI=1S/C8H7N3O.ClH/c9-8(12)11-5-10-6-3-1-2-4-7(6)11;/h1-5H,(H2,9,12);1H. The summed E-state index contributed by atoms with van der Waals surface area (Å²) in [5.74, 6) is 0. The highest BCUT2D eigenvalue weighted by molar-refractivity contribution is 5.88. The van der Waals surface area contributed by atoms with E-state index in [-0.39, 0.29) is 12.4 Å². The molecule has 0 aliphatic rings. The van der Waals surface area contributed by atoms with Gasteiger partial charge in [0.25, 0.3) is 0 Å². The van der Waals surface area contributed by atoms with Crippen LogP contribution in [0, 0.1) is 0 Å². The Bertz CT molecular complexity index is 438. The molecule has 1 aromatic heterocycles. The number of halogens is 1. The molecule has 68 valence electrons. The fourth-order valence-electron chi connectivity index (χ4n) is 1.13. The molecular weight excluding hydrogens is 190 g/mol. The van der Waals surface area contributed by atoms with Gasteiger partial charge in [0.15, 0.2) is 0 Å². The fraction of sp³-hybridized carbons (Fsp3) is 0. The van der Waals surface area contributed by atoms with Crippen molar-refractivity contribution in [3.8, 4) is 0 Å². The molecule has 5 heteroatoms. The van der Waals surface area contributed by atoms with E-state index in [9.17, 15) is 4.79 Å². The molecule has 13 heavy (non-hydrogen) atoms. The first-order valence-corrected chi connectivity index (χ1v) is 3.51. The van der Waals surface area contributed by atoms with Gasteiger partial charge in [-0.25, -0.2) is 9.78 Å². The summed E-state index contributed by atoms with van der Waals surface area (Å²) in [6.45, 7) is 0. The maximum absolute atomic E-state index is 10.8. The van der Waals surface area contributed by atoms with Crippen LogP contribution in [0.4, 0.5) is 4.79 Å². The van der Waals surface area contributed by atoms with E-state index in [0.717, 1.165) is 11.0 Å². The van der Waals surface area contributed by atoms with E-state index in [2.05, 4.69) is 4.98 Å². The number of carbonyl (C=O) groups is 1. The molecule has 0 atom stereocenters. The van der Waals surface area contributed by atoms with Crippen molar-refractivity contribution < 1.29 is 4.79 Å². The highest BCUT2D eigenvalue weighted by Gasteiger charge is 2.03. The van der Waals surface area contributed by atoms with Gasteiger partial charge >= 0.3 is 6.03 Å². The molecule has 4 nitrogen and oxygen atoms in total. The highest BCUT2D eigenvalue weighted by Crippen LogP contribution is 2.10. The number of nitrogens with two attached hydrogens (primary N) is 1. The third-order valence-electron chi connectivity index (χ3n) is 1.69. The van der Waals surface area contributed by atoms with Crippen LogP contribution in [-0.4, -0.2) is 15.6 Å². The Labute approximate surface area is 80.8 Å². The first kappa shape index (κ1) is 9.54. The first-order chi connectivity index (χ1) is 5.79. The molecule has 0 aliphatic carbocycles. The Morgan fingerprint density at radius 3 is 2.77 bits per heavy atom. The number of rotatable bonds is 0. The zero-order valence-corrected chi connectivity index (χ0v) is 7.49. The van der Waals surface area contributed by atoms with Crippen molar-refractivity contribution >= 4 is 29.5 Å². The molecule has 0 unspecified atom stereocenters. The van der Waals surface area contributed by atoms with Gasteiger partial charge < -0.3 is 5.73 Å². The maximum Gasteiger partial charge on any atom is 0.324 e. The van der Waals surface area contributed by atoms with Crippen molar-refractivity contribution in [1.29, 1.82) is 0 Å². The van der Waals surface area contributed by atoms with E-state index >= 15 is 0 Å². The minimum atomic E-state index is -0.510. The lowest BCUT2D eigenvalue weighted by atomic mass is 10.3. The summed E-state index contributed by atoms with van der Waals surface area (Å²) < 4.78 is 1.31. The van der Waals surface area contributed by atoms with Gasteiger partial charge in [0, 0.05) is 0 Å². The van der Waals surface area contributed by atoms with E-state index in [1.165, 1.54) is 10.9 Å². The van der Waals surface area contributed by atoms with Crippen molar-refractivity contribution in [3.05, 3.63) is 30.6 Å². The predicted octanol–water partition coefficient (Wildman–Crippen LogP) is 1.38. The number of amides is 1. The summed E-state index contributed by atoms with van der Waals surface area (Å²) in [4.78, 5) is 14.8. The second-order valence-electron chi connectivity index (χ2n) is 2.44. The molecule has 2 N–H and O–H groups in total. The number of benzene rings is 1. The number of carbonyl (C=O) groups excluding carboxylic acids is 1. The van der Waals surface area contributed by atoms with E-state index in [1.54, 1.807) is 6.07 Å². The summed E-state index contributed by atoms with van der Waals surface area (Å²) in [6.07, 6.45) is 1.42. The van der Waals surface area contributed by atoms with Crippen molar-refractivity contribution in [1.82, 2.24) is 9.55 Å². The van der Waals surface area contributed by atoms with Gasteiger partial charge in [-0.1, -0.05) is 12.1 Å². The lowest BCUT2D eigenvalue weighted by Gasteiger charge is -1.94. The predicted molar refractivity (Wildman–Crippen MR) is 52.0 cm³/mol. The second kappa shape index (κ2) is 3.45. The molecule has 2 aromatic rings. The smallest absolute Gasteiger partial charge is 0.324 e. The molecule has 2 rings (SSSR count). The van der Waals surface area contributed by atoms with Gasteiger partial charge in [0.2, 0.25) is 0 Å². The monoisotopic (exact) mass is 197 g/mol. The van der Waals surface area contributed by atoms with Crippen LogP contribution in [0.3, 0.4) is 0 Å². The molecule has 1 aromatic carbocycles. The lowest BCUT2D eigenvalue weighted by molar-refractivity contribution is 0.251. The number of para-hydroxylation sites is 2. The Morgan fingerprint density at radius 1 is 1.38 bits per heavy atom. The third-order valence-corrected chi connectivity index (χ3v) is 1.69. The first-order valence-electron chi connectivity index (χ1n) is 3.51. The average molecular weight is 198 g/mol. The van der Waals surface area contributed by atoms with Crippen LogP contribution in [0.2, 0.25) is 0 Å². The molecular formula is C8H8ClN3O. The molecule has 0 radical (unpaired) electrons. The summed E-state index contributed by atoms with van der Waals surface area (Å²) in [5, 5.41) is 0. The lowest BCUT2D eigenvalue weighted by Crippen LogP contribution is -2.18. The third kappa shape index (κ3) is 1.48. The number of aromatic nitrogens is 2. The fourth-order valence-corrected chi connectivity index (χ4v) is 1.13. The van der Waals surface area contributed by atoms with Crippen LogP contribution in [-0.2, 0) is 0 Å². The Morgan fingerprint density at radius 2 is 2.08 bits per heavy atom. The van der Waals surface area contributed by atoms with Crippen LogP contribution in [0.25, 0.3) is 11.0 Å². The van der Waals surface area contributed by atoms with Crippen LogP contribution in [0.5, 0.6) is 0 Å². The Balaban J connectivity index is 0.000000845. The highest BCUT2D eigenvalue weighted by atomic mass is 35.5. The molecule has 1 heterocycles. The number of fused-ring (bicyclic) bond motifs is 1. The second-order valence-corrected chi connectivity index (χ2v) is 2.44. The van der Waals surface area contributed by atoms with Gasteiger partial charge in [-0.2, -0.15) is 0 Å². The zero-order valence-electron chi connectivity index (χ0n) is 6.68. The quantitative estimate of drug-likeness (QED) is 0.694. The number of hydrogen-bond acceptors (Lipinski definition) is 2. The minimum absolute atomic E-state index is 0. The number of hydrogen-bond donors (Lipinski definition) is 1. The zero-order chi connectivity index (χ0) is 8.55. The average Bonchev–Trinajstić information content (AvgIpc) is 2.47. The number of primary amides is 1. The SMILES string of the molecule is Cl.NC(=O)n1cnc2ccccc21. The van der Waals surface area contributed by atoms with Crippen LogP contribution in [0.1, 0.15) is 0 Å². The summed E-state index contributed by atoms with van der Waals surface area (Å²) in [6, 6.07) is 6.81. The van der Waals surface area contributed by atoms with E-state index in [4.69, 9.17) is 5.73 Å². The van der Waals surface area contributed by atoms with Gasteiger partial charge in [-0.05, 0) is 12.1 Å². The molecule has 0 spiro atoms. The van der Waals surface area contributed by atoms with Gasteiger partial charge in [-0.15, -0.1) is 12.4 Å². The van der Waals surface area contributed by atoms with Gasteiger partial charge in [-0.3, -0.25) is 4.57 Å². The summed E-state index contributed by atoms with van der Waals surface area (Å²) in [7, 11) is 0. The van der Waals surface area contributed by atoms with E-state index in [0.29, 0.717) is 0 Å². The topological polar surface area (TPSA) is 60.9 Å². The number of imidazole rings is 1. The molecule has 0 bridgehead atoms. The summed E-state index contributed by atoms with van der Waals surface area (Å²) in [5.41, 5.74) is 6.62. The van der Waals surface area contributed by atoms with Crippen LogP contribution in [0.15, 0.2) is 30.6 Å². The van der Waals surface area contributed by atoms with Crippen molar-refractivity contribution in [2.75, 3.05) is 0 Å². The van der Waals surface area contributed by atoms with E-state index in [1.807, 2.05) is 18.2 Å². The molecule has 0 fully saturated rings. The Kier molecular flexibility index (Phi) is 2.53. The summed E-state index contributed by atoms with van der Waals surface area (Å²) >= 11 is 0. The Hall–Kier alpha value is -1.55. The normalized spacial score (nSPS) is 9.54. The van der Waals surface area contributed by atoms with Crippen LogP contribution >= 0.6 is 12.4 Å². The van der Waals surface area contributed by atoms with Crippen LogP contribution < -0.4 is 5.73 Å². The van der Waals surface area contributed by atoms with Gasteiger partial charge in [0.1, 0.15) is 6.33 Å². The molecule has 0 saturated heterocycles. The van der Waals surface area contributed by atoms with Crippen molar-refractivity contribution in [3.63, 3.8) is 0 Å².